The molecule has 1 N–H and O–H groups in total. The molecule has 0 aromatic carbocycles. The largest absolute Gasteiger partial charge is 0.378 e. The summed E-state index contributed by atoms with van der Waals surface area (Å²) in [6, 6.07) is 0.292. The molecule has 1 aliphatic carbocycles. The fraction of sp³-hybridized carbons (Fsp3) is 0.444. The highest BCUT2D eigenvalue weighted by Gasteiger charge is 2.41. The van der Waals surface area contributed by atoms with Crippen molar-refractivity contribution in [1.29, 1.82) is 0 Å². The van der Waals surface area contributed by atoms with Crippen LogP contribution < -0.4 is 5.32 Å². The fourth-order valence-electron chi connectivity index (χ4n) is 2.82. The first-order valence-corrected chi connectivity index (χ1v) is 8.74. The molecule has 1 saturated heterocycles. The van der Waals surface area contributed by atoms with Gasteiger partial charge < -0.3 is 10.2 Å². The SMILES string of the molecule is C=C(C)CN1C(=C)[C@@H](NC(=C)CC2=CCCC=C2)C1SC. The van der Waals surface area contributed by atoms with E-state index in [1.807, 2.05) is 11.8 Å². The Hall–Kier alpha value is -1.35. The summed E-state index contributed by atoms with van der Waals surface area (Å²) in [4.78, 5) is 2.32. The van der Waals surface area contributed by atoms with Crippen molar-refractivity contribution in [2.24, 2.45) is 0 Å². The van der Waals surface area contributed by atoms with Crippen molar-refractivity contribution in [3.8, 4) is 0 Å². The molecule has 0 aromatic rings. The maximum Gasteiger partial charge on any atom is 0.101 e. The van der Waals surface area contributed by atoms with Gasteiger partial charge in [0.25, 0.3) is 0 Å². The van der Waals surface area contributed by atoms with Crippen molar-refractivity contribution >= 4 is 11.8 Å². The van der Waals surface area contributed by atoms with Gasteiger partial charge in [0.05, 0.1) is 6.04 Å². The minimum Gasteiger partial charge on any atom is -0.378 e. The van der Waals surface area contributed by atoms with E-state index in [2.05, 4.69) is 61.4 Å². The van der Waals surface area contributed by atoms with E-state index in [9.17, 15) is 0 Å². The van der Waals surface area contributed by atoms with E-state index in [0.29, 0.717) is 11.4 Å². The number of allylic oxidation sites excluding steroid dienone is 4. The van der Waals surface area contributed by atoms with Gasteiger partial charge in [-0.2, -0.15) is 0 Å². The fourth-order valence-corrected chi connectivity index (χ4v) is 3.78. The Labute approximate surface area is 133 Å². The van der Waals surface area contributed by atoms with Crippen LogP contribution in [0.4, 0.5) is 0 Å². The van der Waals surface area contributed by atoms with Crippen molar-refractivity contribution in [2.45, 2.75) is 37.6 Å². The second-order valence-electron chi connectivity index (χ2n) is 5.86. The first kappa shape index (κ1) is 16.0. The molecule has 3 heteroatoms. The molecule has 2 atom stereocenters. The van der Waals surface area contributed by atoms with Crippen molar-refractivity contribution in [2.75, 3.05) is 12.8 Å². The maximum absolute atomic E-state index is 4.21. The number of hydrogen-bond acceptors (Lipinski definition) is 3. The van der Waals surface area contributed by atoms with E-state index < -0.39 is 0 Å². The van der Waals surface area contributed by atoms with Gasteiger partial charge in [-0.15, -0.1) is 11.8 Å². The van der Waals surface area contributed by atoms with Crippen LogP contribution in [0.5, 0.6) is 0 Å². The molecule has 1 unspecified atom stereocenters. The molecule has 0 aromatic heterocycles. The Kier molecular flexibility index (Phi) is 5.40. The van der Waals surface area contributed by atoms with Gasteiger partial charge in [0, 0.05) is 24.4 Å². The second-order valence-corrected chi connectivity index (χ2v) is 6.82. The molecular formula is C18H26N2S. The Balaban J connectivity index is 1.89. The number of likely N-dealkylation sites (tertiary alicyclic amines) is 1. The lowest BCUT2D eigenvalue weighted by Crippen LogP contribution is -2.61. The van der Waals surface area contributed by atoms with E-state index in [1.165, 1.54) is 11.1 Å². The molecule has 2 aliphatic rings. The van der Waals surface area contributed by atoms with E-state index in [-0.39, 0.29) is 0 Å². The molecule has 0 radical (unpaired) electrons. The summed E-state index contributed by atoms with van der Waals surface area (Å²) in [7, 11) is 0. The molecule has 1 fully saturated rings. The van der Waals surface area contributed by atoms with E-state index in [4.69, 9.17) is 0 Å². The molecule has 0 spiro atoms. The molecule has 1 heterocycles. The summed E-state index contributed by atoms with van der Waals surface area (Å²) >= 11 is 1.85. The van der Waals surface area contributed by atoms with Gasteiger partial charge in [-0.25, -0.2) is 0 Å². The summed E-state index contributed by atoms with van der Waals surface area (Å²) in [5.41, 5.74) is 4.76. The summed E-state index contributed by atoms with van der Waals surface area (Å²) in [6.07, 6.45) is 12.1. The van der Waals surface area contributed by atoms with Crippen molar-refractivity contribution < 1.29 is 0 Å². The maximum atomic E-state index is 4.21. The zero-order valence-corrected chi connectivity index (χ0v) is 14.0. The first-order valence-electron chi connectivity index (χ1n) is 7.45. The van der Waals surface area contributed by atoms with Gasteiger partial charge in [0.1, 0.15) is 5.37 Å². The highest BCUT2D eigenvalue weighted by Crippen LogP contribution is 2.36. The zero-order valence-electron chi connectivity index (χ0n) is 13.2. The van der Waals surface area contributed by atoms with Crippen LogP contribution in [0.25, 0.3) is 0 Å². The third kappa shape index (κ3) is 3.85. The van der Waals surface area contributed by atoms with Gasteiger partial charge in [0.2, 0.25) is 0 Å². The molecule has 0 bridgehead atoms. The average molecular weight is 302 g/mol. The molecule has 2 nitrogen and oxygen atoms in total. The third-order valence-electron chi connectivity index (χ3n) is 3.85. The molecule has 21 heavy (non-hydrogen) atoms. The van der Waals surface area contributed by atoms with Gasteiger partial charge in [-0.05, 0) is 31.6 Å². The molecule has 2 rings (SSSR count). The van der Waals surface area contributed by atoms with Gasteiger partial charge in [0.15, 0.2) is 0 Å². The topological polar surface area (TPSA) is 15.3 Å². The summed E-state index contributed by atoms with van der Waals surface area (Å²) in [5, 5.41) is 3.98. The highest BCUT2D eigenvalue weighted by atomic mass is 32.2. The minimum absolute atomic E-state index is 0.292. The van der Waals surface area contributed by atoms with Crippen LogP contribution in [0.2, 0.25) is 0 Å². The zero-order chi connectivity index (χ0) is 15.4. The summed E-state index contributed by atoms with van der Waals surface area (Å²) in [6.45, 7) is 15.4. The summed E-state index contributed by atoms with van der Waals surface area (Å²) < 4.78 is 0. The predicted molar refractivity (Wildman–Crippen MR) is 95.1 cm³/mol. The normalized spacial score (nSPS) is 24.4. The van der Waals surface area contributed by atoms with E-state index in [0.717, 1.165) is 37.2 Å². The molecule has 0 amide bonds. The van der Waals surface area contributed by atoms with Crippen molar-refractivity contribution in [3.63, 3.8) is 0 Å². The Bertz CT molecular complexity index is 501. The Morgan fingerprint density at radius 2 is 2.19 bits per heavy atom. The quantitative estimate of drug-likeness (QED) is 0.709. The van der Waals surface area contributed by atoms with Crippen LogP contribution in [-0.4, -0.2) is 29.1 Å². The standard InChI is InChI=1S/C18H26N2S/c1-13(2)12-20-15(4)17(18(20)21-5)19-14(3)11-16-9-7-6-8-10-16/h7,9-10,17-19H,1,3-4,6,8,11-12H2,2,5H3/t17-,18?/m1/s1. The van der Waals surface area contributed by atoms with Crippen molar-refractivity contribution in [1.82, 2.24) is 10.2 Å². The minimum atomic E-state index is 0.292. The monoisotopic (exact) mass is 302 g/mol. The number of nitrogens with zero attached hydrogens (tertiary/aromatic N) is 1. The van der Waals surface area contributed by atoms with Gasteiger partial charge in [-0.1, -0.05) is 43.5 Å². The predicted octanol–water partition coefficient (Wildman–Crippen LogP) is 4.22. The van der Waals surface area contributed by atoms with Gasteiger partial charge in [-0.3, -0.25) is 0 Å². The Morgan fingerprint density at radius 1 is 1.43 bits per heavy atom. The first-order chi connectivity index (χ1) is 10.0. The van der Waals surface area contributed by atoms with Crippen LogP contribution >= 0.6 is 11.8 Å². The van der Waals surface area contributed by atoms with Crippen LogP contribution in [0.3, 0.4) is 0 Å². The number of thioether (sulfide) groups is 1. The lowest BCUT2D eigenvalue weighted by molar-refractivity contribution is 0.195. The molecule has 0 saturated carbocycles. The van der Waals surface area contributed by atoms with E-state index >= 15 is 0 Å². The second kappa shape index (κ2) is 7.08. The van der Waals surface area contributed by atoms with Crippen molar-refractivity contribution in [3.05, 3.63) is 60.5 Å². The smallest absolute Gasteiger partial charge is 0.101 e. The van der Waals surface area contributed by atoms with Crippen LogP contribution in [0.15, 0.2) is 60.5 Å². The average Bonchev–Trinajstić information content (AvgIpc) is 2.46. The number of nitrogens with one attached hydrogen (secondary N) is 1. The lowest BCUT2D eigenvalue weighted by atomic mass is 10.00. The van der Waals surface area contributed by atoms with E-state index in [1.54, 1.807) is 0 Å². The summed E-state index contributed by atoms with van der Waals surface area (Å²) in [5.74, 6) is 0. The molecular weight excluding hydrogens is 276 g/mol. The molecule has 1 aliphatic heterocycles. The van der Waals surface area contributed by atoms with Crippen LogP contribution in [0.1, 0.15) is 26.2 Å². The number of rotatable bonds is 7. The molecule has 114 valence electrons. The number of hydrogen-bond donors (Lipinski definition) is 1. The van der Waals surface area contributed by atoms with Crippen LogP contribution in [0, 0.1) is 0 Å². The third-order valence-corrected chi connectivity index (χ3v) is 4.86. The van der Waals surface area contributed by atoms with Gasteiger partial charge >= 0.3 is 0 Å². The highest BCUT2D eigenvalue weighted by molar-refractivity contribution is 7.99. The lowest BCUT2D eigenvalue weighted by Gasteiger charge is -2.51. The van der Waals surface area contributed by atoms with Crippen LogP contribution in [-0.2, 0) is 0 Å². The Morgan fingerprint density at radius 3 is 2.76 bits per heavy atom.